The first-order valence-corrected chi connectivity index (χ1v) is 7.35. The quantitative estimate of drug-likeness (QED) is 0.919. The van der Waals surface area contributed by atoms with Gasteiger partial charge in [0.1, 0.15) is 13.2 Å². The summed E-state index contributed by atoms with van der Waals surface area (Å²) in [6, 6.07) is 5.26. The van der Waals surface area contributed by atoms with Crippen LogP contribution in [0.3, 0.4) is 0 Å². The smallest absolute Gasteiger partial charge is 0.266 e. The Balaban J connectivity index is 1.87. The van der Waals surface area contributed by atoms with Gasteiger partial charge in [-0.15, -0.1) is 11.3 Å². The maximum Gasteiger partial charge on any atom is 0.266 e. The fourth-order valence-electron chi connectivity index (χ4n) is 1.94. The number of anilines is 1. The number of amides is 1. The van der Waals surface area contributed by atoms with Gasteiger partial charge >= 0.3 is 0 Å². The first-order valence-electron chi connectivity index (χ1n) is 6.10. The number of fused-ring (bicyclic) bond motifs is 1. The summed E-state index contributed by atoms with van der Waals surface area (Å²) in [5.74, 6) is 1.03. The SMILES string of the molecule is Cc1ccsc1C(=O)Nc1cc2c(cc1Cl)OCCO2. The van der Waals surface area contributed by atoms with Crippen molar-refractivity contribution in [1.82, 2.24) is 0 Å². The molecule has 104 valence electrons. The summed E-state index contributed by atoms with van der Waals surface area (Å²) in [6.07, 6.45) is 0. The molecular weight excluding hydrogens is 298 g/mol. The van der Waals surface area contributed by atoms with E-state index in [-0.39, 0.29) is 5.91 Å². The summed E-state index contributed by atoms with van der Waals surface area (Å²) in [7, 11) is 0. The number of halogens is 1. The van der Waals surface area contributed by atoms with Crippen molar-refractivity contribution in [3.8, 4) is 11.5 Å². The molecule has 0 fully saturated rings. The van der Waals surface area contributed by atoms with Crippen LogP contribution in [0.5, 0.6) is 11.5 Å². The molecule has 0 bridgehead atoms. The first kappa shape index (κ1) is 13.3. The molecule has 1 N–H and O–H groups in total. The second-order valence-electron chi connectivity index (χ2n) is 4.36. The number of nitrogens with one attached hydrogen (secondary N) is 1. The lowest BCUT2D eigenvalue weighted by Gasteiger charge is -2.20. The Bertz CT molecular complexity index is 668. The van der Waals surface area contributed by atoms with E-state index >= 15 is 0 Å². The normalized spacial score (nSPS) is 13.1. The molecule has 0 aliphatic carbocycles. The lowest BCUT2D eigenvalue weighted by atomic mass is 10.2. The van der Waals surface area contributed by atoms with Gasteiger partial charge < -0.3 is 14.8 Å². The predicted molar refractivity (Wildman–Crippen MR) is 79.5 cm³/mol. The number of thiophene rings is 1. The Labute approximate surface area is 125 Å². The van der Waals surface area contributed by atoms with Crippen molar-refractivity contribution >= 4 is 34.5 Å². The molecule has 4 nitrogen and oxygen atoms in total. The van der Waals surface area contributed by atoms with Crippen molar-refractivity contribution in [2.24, 2.45) is 0 Å². The van der Waals surface area contributed by atoms with E-state index in [0.29, 0.717) is 40.3 Å². The summed E-state index contributed by atoms with van der Waals surface area (Å²) >= 11 is 7.56. The zero-order valence-corrected chi connectivity index (χ0v) is 12.3. The third-order valence-electron chi connectivity index (χ3n) is 2.95. The predicted octanol–water partition coefficient (Wildman–Crippen LogP) is 3.73. The van der Waals surface area contributed by atoms with Gasteiger partial charge in [0.2, 0.25) is 0 Å². The van der Waals surface area contributed by atoms with Gasteiger partial charge in [-0.2, -0.15) is 0 Å². The van der Waals surface area contributed by atoms with Crippen LogP contribution in [-0.4, -0.2) is 19.1 Å². The van der Waals surface area contributed by atoms with Crippen LogP contribution in [0.1, 0.15) is 15.2 Å². The first-order chi connectivity index (χ1) is 9.65. The van der Waals surface area contributed by atoms with E-state index < -0.39 is 0 Å². The van der Waals surface area contributed by atoms with Gasteiger partial charge in [0.25, 0.3) is 5.91 Å². The number of ether oxygens (including phenoxy) is 2. The van der Waals surface area contributed by atoms with Crippen LogP contribution < -0.4 is 14.8 Å². The van der Waals surface area contributed by atoms with Crippen LogP contribution in [0.4, 0.5) is 5.69 Å². The molecule has 0 unspecified atom stereocenters. The molecule has 2 aromatic rings. The summed E-state index contributed by atoms with van der Waals surface area (Å²) < 4.78 is 10.9. The lowest BCUT2D eigenvalue weighted by molar-refractivity contribution is 0.103. The summed E-state index contributed by atoms with van der Waals surface area (Å²) in [5, 5.41) is 5.12. The molecule has 6 heteroatoms. The van der Waals surface area contributed by atoms with Crippen molar-refractivity contribution in [2.45, 2.75) is 6.92 Å². The molecule has 3 rings (SSSR count). The van der Waals surface area contributed by atoms with Crippen molar-refractivity contribution in [3.63, 3.8) is 0 Å². The maximum atomic E-state index is 12.2. The molecule has 0 atom stereocenters. The Kier molecular flexibility index (Phi) is 3.54. The van der Waals surface area contributed by atoms with Crippen LogP contribution in [0.15, 0.2) is 23.6 Å². The fourth-order valence-corrected chi connectivity index (χ4v) is 2.97. The molecule has 1 aromatic heterocycles. The third-order valence-corrected chi connectivity index (χ3v) is 4.28. The molecular formula is C14H12ClNO3S. The van der Waals surface area contributed by atoms with Crippen LogP contribution >= 0.6 is 22.9 Å². The fraction of sp³-hybridized carbons (Fsp3) is 0.214. The molecule has 0 saturated carbocycles. The molecule has 1 amide bonds. The highest BCUT2D eigenvalue weighted by atomic mass is 35.5. The summed E-state index contributed by atoms with van der Waals surface area (Å²) in [4.78, 5) is 12.9. The second-order valence-corrected chi connectivity index (χ2v) is 5.69. The molecule has 0 spiro atoms. The molecule has 0 radical (unpaired) electrons. The van der Waals surface area contributed by atoms with Crippen LogP contribution in [-0.2, 0) is 0 Å². The average Bonchev–Trinajstić information content (AvgIpc) is 2.86. The number of benzene rings is 1. The highest BCUT2D eigenvalue weighted by molar-refractivity contribution is 7.12. The molecule has 0 saturated heterocycles. The average molecular weight is 310 g/mol. The van der Waals surface area contributed by atoms with E-state index in [0.717, 1.165) is 5.56 Å². The minimum absolute atomic E-state index is 0.170. The zero-order valence-electron chi connectivity index (χ0n) is 10.7. The minimum Gasteiger partial charge on any atom is -0.486 e. The van der Waals surface area contributed by atoms with Gasteiger partial charge in [-0.1, -0.05) is 11.6 Å². The van der Waals surface area contributed by atoms with E-state index in [2.05, 4.69) is 5.32 Å². The van der Waals surface area contributed by atoms with Crippen molar-refractivity contribution in [3.05, 3.63) is 39.0 Å². The topological polar surface area (TPSA) is 47.6 Å². The molecule has 2 heterocycles. The number of hydrogen-bond acceptors (Lipinski definition) is 4. The Hall–Kier alpha value is -1.72. The maximum absolute atomic E-state index is 12.2. The van der Waals surface area contributed by atoms with Crippen LogP contribution in [0.2, 0.25) is 5.02 Å². The number of rotatable bonds is 2. The summed E-state index contributed by atoms with van der Waals surface area (Å²) in [5.41, 5.74) is 1.47. The van der Waals surface area contributed by atoms with Gasteiger partial charge in [-0.05, 0) is 23.9 Å². The van der Waals surface area contributed by atoms with E-state index in [1.807, 2.05) is 18.4 Å². The Morgan fingerprint density at radius 1 is 1.30 bits per heavy atom. The second kappa shape index (κ2) is 5.34. The van der Waals surface area contributed by atoms with E-state index in [9.17, 15) is 4.79 Å². The largest absolute Gasteiger partial charge is 0.486 e. The highest BCUT2D eigenvalue weighted by Gasteiger charge is 2.18. The van der Waals surface area contributed by atoms with Crippen molar-refractivity contribution < 1.29 is 14.3 Å². The number of hydrogen-bond donors (Lipinski definition) is 1. The third kappa shape index (κ3) is 2.46. The Morgan fingerprint density at radius 3 is 2.65 bits per heavy atom. The number of carbonyl (C=O) groups is 1. The van der Waals surface area contributed by atoms with E-state index in [1.165, 1.54) is 11.3 Å². The van der Waals surface area contributed by atoms with Crippen LogP contribution in [0, 0.1) is 6.92 Å². The molecule has 1 aliphatic rings. The highest BCUT2D eigenvalue weighted by Crippen LogP contribution is 2.38. The van der Waals surface area contributed by atoms with Crippen molar-refractivity contribution in [1.29, 1.82) is 0 Å². The minimum atomic E-state index is -0.170. The number of carbonyl (C=O) groups excluding carboxylic acids is 1. The van der Waals surface area contributed by atoms with Gasteiger partial charge in [0, 0.05) is 12.1 Å². The van der Waals surface area contributed by atoms with Gasteiger partial charge in [0.05, 0.1) is 15.6 Å². The summed E-state index contributed by atoms with van der Waals surface area (Å²) in [6.45, 7) is 2.90. The van der Waals surface area contributed by atoms with E-state index in [4.69, 9.17) is 21.1 Å². The van der Waals surface area contributed by atoms with Gasteiger partial charge in [-0.3, -0.25) is 4.79 Å². The van der Waals surface area contributed by atoms with Gasteiger partial charge in [0.15, 0.2) is 11.5 Å². The van der Waals surface area contributed by atoms with Crippen LogP contribution in [0.25, 0.3) is 0 Å². The molecule has 20 heavy (non-hydrogen) atoms. The van der Waals surface area contributed by atoms with Crippen molar-refractivity contribution in [2.75, 3.05) is 18.5 Å². The monoisotopic (exact) mass is 309 g/mol. The lowest BCUT2D eigenvalue weighted by Crippen LogP contribution is -2.16. The standard InChI is InChI=1S/C14H12ClNO3S/c1-8-2-5-20-13(8)14(17)16-10-7-12-11(6-9(10)15)18-3-4-19-12/h2,5-7H,3-4H2,1H3,(H,16,17). The molecule has 1 aliphatic heterocycles. The zero-order chi connectivity index (χ0) is 14.1. The van der Waals surface area contributed by atoms with E-state index in [1.54, 1.807) is 12.1 Å². The molecule has 1 aromatic carbocycles. The van der Waals surface area contributed by atoms with Gasteiger partial charge in [-0.25, -0.2) is 0 Å². The Morgan fingerprint density at radius 2 is 2.00 bits per heavy atom. The number of aryl methyl sites for hydroxylation is 1.